The summed E-state index contributed by atoms with van der Waals surface area (Å²) in [4.78, 5) is 12.2. The Morgan fingerprint density at radius 1 is 1.19 bits per heavy atom. The van der Waals surface area contributed by atoms with Crippen LogP contribution in [0, 0.1) is 12.7 Å². The van der Waals surface area contributed by atoms with Gasteiger partial charge in [-0.15, -0.1) is 0 Å². The average molecular weight is 468 g/mol. The Kier molecular flexibility index (Phi) is 7.62. The van der Waals surface area contributed by atoms with Crippen LogP contribution in [-0.2, 0) is 24.2 Å². The van der Waals surface area contributed by atoms with Crippen LogP contribution in [0.3, 0.4) is 0 Å². The summed E-state index contributed by atoms with van der Waals surface area (Å²) in [5, 5.41) is 0. The van der Waals surface area contributed by atoms with Gasteiger partial charge in [0.15, 0.2) is 0 Å². The van der Waals surface area contributed by atoms with E-state index in [1.165, 1.54) is 11.6 Å². The van der Waals surface area contributed by atoms with Crippen LogP contribution in [0.5, 0.6) is 5.75 Å². The summed E-state index contributed by atoms with van der Waals surface area (Å²) in [6.07, 6.45) is 1.52. The first-order valence-electron chi connectivity index (χ1n) is 9.04. The summed E-state index contributed by atoms with van der Waals surface area (Å²) in [6, 6.07) is 9.38. The van der Waals surface area contributed by atoms with Crippen LogP contribution in [0.2, 0.25) is 0 Å². The molecule has 26 heavy (non-hydrogen) atoms. The molecule has 1 atom stereocenters. The lowest BCUT2D eigenvalue weighted by Gasteiger charge is -2.19. The molecule has 140 valence electrons. The topological polar surface area (TPSA) is 26.3 Å². The Balaban J connectivity index is 2.34. The number of alkyl halides is 1. The quantitative estimate of drug-likeness (QED) is 0.354. The van der Waals surface area contributed by atoms with Gasteiger partial charge < -0.3 is 4.74 Å². The first-order chi connectivity index (χ1) is 12.4. The van der Waals surface area contributed by atoms with Crippen LogP contribution in [0.4, 0.5) is 4.39 Å². The minimum absolute atomic E-state index is 0.169. The summed E-state index contributed by atoms with van der Waals surface area (Å²) >= 11 is 2.11. The van der Waals surface area contributed by atoms with Crippen LogP contribution < -0.4 is 4.74 Å². The molecule has 0 aliphatic carbocycles. The van der Waals surface area contributed by atoms with Gasteiger partial charge in [0.05, 0.1) is 4.43 Å². The fraction of sp³-hybridized carbons (Fsp3) is 0.409. The zero-order valence-corrected chi connectivity index (χ0v) is 18.0. The smallest absolute Gasteiger partial charge is 0.149 e. The van der Waals surface area contributed by atoms with Crippen LogP contribution in [0.15, 0.2) is 30.3 Å². The molecule has 1 unspecified atom stereocenters. The van der Waals surface area contributed by atoms with Gasteiger partial charge in [0.25, 0.3) is 0 Å². The molecule has 0 bridgehead atoms. The third-order valence-corrected chi connectivity index (χ3v) is 5.62. The average Bonchev–Trinajstić information content (AvgIpc) is 2.66. The minimum Gasteiger partial charge on any atom is -0.489 e. The maximum absolute atomic E-state index is 14.1. The predicted octanol–water partition coefficient (Wildman–Crippen LogP) is 5.95. The highest BCUT2D eigenvalue weighted by atomic mass is 127. The number of hydrogen-bond acceptors (Lipinski definition) is 2. The number of halogens is 2. The Morgan fingerprint density at radius 3 is 2.50 bits per heavy atom. The molecule has 0 saturated heterocycles. The van der Waals surface area contributed by atoms with Crippen molar-refractivity contribution in [2.45, 2.75) is 53.1 Å². The van der Waals surface area contributed by atoms with Gasteiger partial charge in [0.1, 0.15) is 24.0 Å². The maximum atomic E-state index is 14.1. The highest BCUT2D eigenvalue weighted by Gasteiger charge is 2.19. The summed E-state index contributed by atoms with van der Waals surface area (Å²) < 4.78 is 20.6. The van der Waals surface area contributed by atoms with E-state index in [9.17, 15) is 9.18 Å². The summed E-state index contributed by atoms with van der Waals surface area (Å²) in [5.74, 6) is 0.363. The monoisotopic (exact) mass is 468 g/mol. The van der Waals surface area contributed by atoms with Crippen molar-refractivity contribution >= 4 is 28.4 Å². The number of rotatable bonds is 8. The molecule has 0 radical (unpaired) electrons. The summed E-state index contributed by atoms with van der Waals surface area (Å²) in [7, 11) is 0. The first kappa shape index (κ1) is 20.9. The summed E-state index contributed by atoms with van der Waals surface area (Å²) in [5.41, 5.74) is 4.84. The molecule has 0 amide bonds. The maximum Gasteiger partial charge on any atom is 0.149 e. The van der Waals surface area contributed by atoms with Gasteiger partial charge in [-0.25, -0.2) is 4.39 Å². The molecule has 0 fully saturated rings. The Morgan fingerprint density at radius 2 is 1.88 bits per heavy atom. The van der Waals surface area contributed by atoms with Crippen molar-refractivity contribution < 1.29 is 13.9 Å². The number of carbonyl (C=O) groups excluding carboxylic acids is 1. The molecule has 0 aliphatic rings. The molecule has 0 aliphatic heterocycles. The van der Waals surface area contributed by atoms with E-state index in [-0.39, 0.29) is 17.5 Å². The first-order valence-corrected chi connectivity index (χ1v) is 10.6. The molecule has 0 heterocycles. The van der Waals surface area contributed by atoms with Gasteiger partial charge in [-0.3, -0.25) is 4.79 Å². The molecule has 0 N–H and O–H groups in total. The molecular formula is C22H26FIO2. The van der Waals surface area contributed by atoms with E-state index >= 15 is 0 Å². The van der Waals surface area contributed by atoms with Gasteiger partial charge in [-0.2, -0.15) is 0 Å². The highest BCUT2D eigenvalue weighted by Crippen LogP contribution is 2.28. The van der Waals surface area contributed by atoms with Crippen molar-refractivity contribution in [1.82, 2.24) is 0 Å². The van der Waals surface area contributed by atoms with Crippen molar-refractivity contribution in [3.8, 4) is 5.75 Å². The van der Waals surface area contributed by atoms with E-state index in [1.54, 1.807) is 0 Å². The van der Waals surface area contributed by atoms with Gasteiger partial charge in [-0.05, 0) is 53.6 Å². The van der Waals surface area contributed by atoms with Crippen LogP contribution >= 0.6 is 22.6 Å². The Labute approximate surface area is 169 Å². The van der Waals surface area contributed by atoms with Crippen molar-refractivity contribution in [1.29, 1.82) is 0 Å². The third kappa shape index (κ3) is 4.64. The molecule has 0 saturated carbocycles. The molecule has 2 aromatic rings. The molecule has 0 aromatic heterocycles. The lowest BCUT2D eigenvalue weighted by Crippen LogP contribution is -2.14. The van der Waals surface area contributed by atoms with E-state index in [0.717, 1.165) is 23.1 Å². The van der Waals surface area contributed by atoms with Gasteiger partial charge in [0, 0.05) is 12.0 Å². The number of ketones is 1. The molecular weight excluding hydrogens is 442 g/mol. The van der Waals surface area contributed by atoms with Crippen LogP contribution in [0.1, 0.15) is 54.5 Å². The zero-order valence-electron chi connectivity index (χ0n) is 15.9. The van der Waals surface area contributed by atoms with Gasteiger partial charge >= 0.3 is 0 Å². The zero-order chi connectivity index (χ0) is 19.3. The Bertz CT molecular complexity index is 786. The third-order valence-electron chi connectivity index (χ3n) is 4.87. The SMILES string of the molecule is CCc1cc(C)c(OCc2c(CC)cccc2C(C)C(=O)CI)cc1F. The lowest BCUT2D eigenvalue weighted by atomic mass is 9.89. The molecule has 2 nitrogen and oxygen atoms in total. The Hall–Kier alpha value is -1.43. The molecule has 2 aromatic carbocycles. The van der Waals surface area contributed by atoms with Crippen molar-refractivity contribution in [2.24, 2.45) is 0 Å². The van der Waals surface area contributed by atoms with Crippen molar-refractivity contribution in [2.75, 3.05) is 4.43 Å². The van der Waals surface area contributed by atoms with E-state index in [4.69, 9.17) is 4.74 Å². The van der Waals surface area contributed by atoms with Gasteiger partial charge in [-0.1, -0.05) is 61.6 Å². The van der Waals surface area contributed by atoms with Crippen LogP contribution in [0.25, 0.3) is 0 Å². The second-order valence-corrected chi connectivity index (χ2v) is 7.27. The number of hydrogen-bond donors (Lipinski definition) is 0. The number of Topliss-reactive ketones (excluding diaryl/α,β-unsaturated/α-hetero) is 1. The van der Waals surface area contributed by atoms with E-state index in [2.05, 4.69) is 35.6 Å². The second-order valence-electron chi connectivity index (χ2n) is 6.51. The highest BCUT2D eigenvalue weighted by molar-refractivity contribution is 14.1. The van der Waals surface area contributed by atoms with Crippen LogP contribution in [-0.4, -0.2) is 10.2 Å². The molecule has 2 rings (SSSR count). The lowest BCUT2D eigenvalue weighted by molar-refractivity contribution is -0.117. The van der Waals surface area contributed by atoms with Crippen molar-refractivity contribution in [3.63, 3.8) is 0 Å². The van der Waals surface area contributed by atoms with Crippen molar-refractivity contribution in [3.05, 3.63) is 64.0 Å². The fourth-order valence-corrected chi connectivity index (χ4v) is 3.82. The summed E-state index contributed by atoms with van der Waals surface area (Å²) in [6.45, 7) is 8.25. The number of benzene rings is 2. The number of aryl methyl sites for hydroxylation is 3. The molecule has 0 spiro atoms. The largest absolute Gasteiger partial charge is 0.489 e. The minimum atomic E-state index is -0.231. The van der Waals surface area contributed by atoms with Gasteiger partial charge in [0.2, 0.25) is 0 Å². The normalized spacial score (nSPS) is 12.1. The predicted molar refractivity (Wildman–Crippen MR) is 113 cm³/mol. The molecule has 4 heteroatoms. The second kappa shape index (κ2) is 9.49. The fourth-order valence-electron chi connectivity index (χ4n) is 3.16. The van der Waals surface area contributed by atoms with E-state index < -0.39 is 0 Å². The van der Waals surface area contributed by atoms with E-state index in [1.807, 2.05) is 39.0 Å². The number of ether oxygens (including phenoxy) is 1. The van der Waals surface area contributed by atoms with E-state index in [0.29, 0.717) is 28.8 Å². The standard InChI is InChI=1S/C22H26FIO2/c1-5-16-8-7-9-18(15(4)21(25)12-24)19(16)13-26-22-11-20(23)17(6-2)10-14(22)3/h7-11,15H,5-6,12-13H2,1-4H3. The number of carbonyl (C=O) groups is 1.